The van der Waals surface area contributed by atoms with Crippen molar-refractivity contribution in [3.63, 3.8) is 0 Å². The molecule has 1 aromatic carbocycles. The molecule has 1 fully saturated rings. The zero-order valence-corrected chi connectivity index (χ0v) is 11.8. The van der Waals surface area contributed by atoms with Crippen LogP contribution in [0.1, 0.15) is 23.2 Å². The van der Waals surface area contributed by atoms with Crippen LogP contribution in [0.3, 0.4) is 0 Å². The lowest BCUT2D eigenvalue weighted by Crippen LogP contribution is -2.37. The van der Waals surface area contributed by atoms with Gasteiger partial charge in [-0.25, -0.2) is 9.59 Å². The highest BCUT2D eigenvalue weighted by atomic mass is 16.5. The summed E-state index contributed by atoms with van der Waals surface area (Å²) in [5.74, 6) is -0.619. The van der Waals surface area contributed by atoms with Crippen LogP contribution < -0.4 is 10.1 Å². The van der Waals surface area contributed by atoms with Crippen molar-refractivity contribution in [2.75, 3.05) is 19.0 Å². The van der Waals surface area contributed by atoms with E-state index in [4.69, 9.17) is 4.74 Å². The largest absolute Gasteiger partial charge is 0.497 e. The van der Waals surface area contributed by atoms with E-state index >= 15 is 0 Å². The molecule has 6 heteroatoms. The van der Waals surface area contributed by atoms with Gasteiger partial charge in [-0.05, 0) is 25.0 Å². The molecule has 1 saturated carbocycles. The zero-order chi connectivity index (χ0) is 15.4. The van der Waals surface area contributed by atoms with Gasteiger partial charge in [0.15, 0.2) is 0 Å². The summed E-state index contributed by atoms with van der Waals surface area (Å²) in [5, 5.41) is 11.8. The Hall–Kier alpha value is -2.50. The van der Waals surface area contributed by atoms with Crippen LogP contribution in [-0.4, -0.2) is 41.7 Å². The number of anilines is 1. The van der Waals surface area contributed by atoms with Crippen LogP contribution in [0, 0.1) is 0 Å². The number of carbonyl (C=O) groups excluding carboxylic acids is 1. The van der Waals surface area contributed by atoms with Crippen LogP contribution in [0.2, 0.25) is 0 Å². The number of benzene rings is 1. The van der Waals surface area contributed by atoms with Crippen molar-refractivity contribution in [2.45, 2.75) is 18.9 Å². The van der Waals surface area contributed by atoms with Crippen molar-refractivity contribution in [1.82, 2.24) is 4.90 Å². The molecule has 0 spiro atoms. The third-order valence-electron chi connectivity index (χ3n) is 3.27. The van der Waals surface area contributed by atoms with Gasteiger partial charge in [0.25, 0.3) is 0 Å². The lowest BCUT2D eigenvalue weighted by atomic mass is 10.1. The molecule has 0 unspecified atom stereocenters. The maximum Gasteiger partial charge on any atom is 0.337 e. The van der Waals surface area contributed by atoms with Gasteiger partial charge in [0.1, 0.15) is 5.75 Å². The minimum absolute atomic E-state index is 0.0264. The van der Waals surface area contributed by atoms with Gasteiger partial charge in [0, 0.05) is 18.7 Å². The van der Waals surface area contributed by atoms with Crippen LogP contribution in [0.4, 0.5) is 10.5 Å². The second kappa shape index (κ2) is 6.30. The highest BCUT2D eigenvalue weighted by molar-refractivity contribution is 6.00. The minimum Gasteiger partial charge on any atom is -0.497 e. The quantitative estimate of drug-likeness (QED) is 0.789. The van der Waals surface area contributed by atoms with E-state index in [1.807, 2.05) is 0 Å². The number of hydrogen-bond acceptors (Lipinski definition) is 3. The van der Waals surface area contributed by atoms with Crippen LogP contribution in [0.5, 0.6) is 5.75 Å². The summed E-state index contributed by atoms with van der Waals surface area (Å²) in [6.45, 7) is 4.07. The molecule has 1 aliphatic carbocycles. The highest BCUT2D eigenvalue weighted by Gasteiger charge is 2.32. The van der Waals surface area contributed by atoms with Gasteiger partial charge in [-0.2, -0.15) is 0 Å². The van der Waals surface area contributed by atoms with Crippen LogP contribution in [0.15, 0.2) is 30.9 Å². The number of carboxylic acids is 1. The molecule has 6 nitrogen and oxygen atoms in total. The molecule has 2 amide bonds. The van der Waals surface area contributed by atoms with Gasteiger partial charge in [0.2, 0.25) is 0 Å². The molecule has 0 bridgehead atoms. The van der Waals surface area contributed by atoms with E-state index in [1.54, 1.807) is 17.0 Å². The summed E-state index contributed by atoms with van der Waals surface area (Å²) in [4.78, 5) is 25.2. The third-order valence-corrected chi connectivity index (χ3v) is 3.27. The number of methoxy groups -OCH3 is 1. The van der Waals surface area contributed by atoms with E-state index in [9.17, 15) is 14.7 Å². The Balaban J connectivity index is 2.22. The first-order valence-electron chi connectivity index (χ1n) is 6.66. The van der Waals surface area contributed by atoms with Crippen molar-refractivity contribution in [2.24, 2.45) is 0 Å². The zero-order valence-electron chi connectivity index (χ0n) is 11.8. The second-order valence-corrected chi connectivity index (χ2v) is 4.82. The van der Waals surface area contributed by atoms with E-state index in [0.717, 1.165) is 12.8 Å². The van der Waals surface area contributed by atoms with Crippen molar-refractivity contribution in [3.8, 4) is 5.75 Å². The van der Waals surface area contributed by atoms with Crippen molar-refractivity contribution in [3.05, 3.63) is 36.4 Å². The summed E-state index contributed by atoms with van der Waals surface area (Å²) < 4.78 is 5.06. The number of amides is 2. The molecule has 0 radical (unpaired) electrons. The van der Waals surface area contributed by atoms with E-state index < -0.39 is 5.97 Å². The Bertz CT molecular complexity index is 567. The Morgan fingerprint density at radius 1 is 1.52 bits per heavy atom. The first-order chi connectivity index (χ1) is 10.1. The Morgan fingerprint density at radius 2 is 2.24 bits per heavy atom. The molecule has 0 atom stereocenters. The number of hydrogen-bond donors (Lipinski definition) is 2. The van der Waals surface area contributed by atoms with E-state index in [-0.39, 0.29) is 23.3 Å². The lowest BCUT2D eigenvalue weighted by Gasteiger charge is -2.21. The normalized spacial score (nSPS) is 13.4. The molecule has 0 saturated heterocycles. The Morgan fingerprint density at radius 3 is 2.76 bits per heavy atom. The van der Waals surface area contributed by atoms with E-state index in [2.05, 4.69) is 11.9 Å². The molecule has 0 heterocycles. The van der Waals surface area contributed by atoms with Gasteiger partial charge in [-0.15, -0.1) is 6.58 Å². The number of carbonyl (C=O) groups is 2. The standard InChI is InChI=1S/C15H18N2O4/c1-3-8-17(10-4-5-10)15(20)16-13-9-11(21-2)6-7-12(13)14(18)19/h3,6-7,9-10H,1,4-5,8H2,2H3,(H,16,20)(H,18,19). The Kier molecular flexibility index (Phi) is 4.47. The summed E-state index contributed by atoms with van der Waals surface area (Å²) in [7, 11) is 1.48. The monoisotopic (exact) mass is 290 g/mol. The maximum atomic E-state index is 12.3. The molecule has 2 N–H and O–H groups in total. The predicted octanol–water partition coefficient (Wildman–Crippen LogP) is 2.58. The molecule has 2 rings (SSSR count). The minimum atomic E-state index is -1.10. The van der Waals surface area contributed by atoms with Gasteiger partial charge in [0.05, 0.1) is 18.4 Å². The molecule has 0 aliphatic heterocycles. The van der Waals surface area contributed by atoms with Gasteiger partial charge in [-0.1, -0.05) is 6.08 Å². The van der Waals surface area contributed by atoms with Gasteiger partial charge in [-0.3, -0.25) is 0 Å². The molecule has 0 aromatic heterocycles. The van der Waals surface area contributed by atoms with E-state index in [1.165, 1.54) is 19.2 Å². The number of carboxylic acid groups (broad SMARTS) is 1. The Labute approximate surface area is 123 Å². The number of rotatable bonds is 6. The summed E-state index contributed by atoms with van der Waals surface area (Å²) in [5.41, 5.74) is 0.250. The molecule has 1 aliphatic rings. The average molecular weight is 290 g/mol. The number of nitrogens with one attached hydrogen (secondary N) is 1. The molecule has 21 heavy (non-hydrogen) atoms. The second-order valence-electron chi connectivity index (χ2n) is 4.82. The summed E-state index contributed by atoms with van der Waals surface area (Å²) >= 11 is 0. The molecular formula is C15H18N2O4. The van der Waals surface area contributed by atoms with Crippen LogP contribution >= 0.6 is 0 Å². The van der Waals surface area contributed by atoms with Gasteiger partial charge >= 0.3 is 12.0 Å². The van der Waals surface area contributed by atoms with Crippen molar-refractivity contribution < 1.29 is 19.4 Å². The molecule has 112 valence electrons. The fourth-order valence-corrected chi connectivity index (χ4v) is 2.05. The fourth-order valence-electron chi connectivity index (χ4n) is 2.05. The van der Waals surface area contributed by atoms with Crippen LogP contribution in [-0.2, 0) is 0 Å². The maximum absolute atomic E-state index is 12.3. The summed E-state index contributed by atoms with van der Waals surface area (Å²) in [6, 6.07) is 4.34. The highest BCUT2D eigenvalue weighted by Crippen LogP contribution is 2.28. The van der Waals surface area contributed by atoms with E-state index in [0.29, 0.717) is 12.3 Å². The van der Waals surface area contributed by atoms with Crippen LogP contribution in [0.25, 0.3) is 0 Å². The number of nitrogens with zero attached hydrogens (tertiary/aromatic N) is 1. The van der Waals surface area contributed by atoms with Crippen molar-refractivity contribution in [1.29, 1.82) is 0 Å². The number of urea groups is 1. The number of ether oxygens (including phenoxy) is 1. The third kappa shape index (κ3) is 3.53. The average Bonchev–Trinajstić information content (AvgIpc) is 3.28. The SMILES string of the molecule is C=CCN(C(=O)Nc1cc(OC)ccc1C(=O)O)C1CC1. The predicted molar refractivity (Wildman–Crippen MR) is 78.9 cm³/mol. The lowest BCUT2D eigenvalue weighted by molar-refractivity contribution is 0.0698. The van der Waals surface area contributed by atoms with Gasteiger partial charge < -0.3 is 20.1 Å². The number of aromatic carboxylic acids is 1. The smallest absolute Gasteiger partial charge is 0.337 e. The first kappa shape index (κ1) is 14.9. The molecule has 1 aromatic rings. The molecular weight excluding hydrogens is 272 g/mol. The first-order valence-corrected chi connectivity index (χ1v) is 6.66. The van der Waals surface area contributed by atoms with Crippen molar-refractivity contribution >= 4 is 17.7 Å². The fraction of sp³-hybridized carbons (Fsp3) is 0.333. The summed E-state index contributed by atoms with van der Waals surface area (Å²) in [6.07, 6.45) is 3.58. The topological polar surface area (TPSA) is 78.9 Å².